The van der Waals surface area contributed by atoms with Gasteiger partial charge in [-0.05, 0) is 54.1 Å². The number of para-hydroxylation sites is 1. The smallest absolute Gasteiger partial charge is 0.279 e. The van der Waals surface area contributed by atoms with Gasteiger partial charge in [-0.1, -0.05) is 76.6 Å². The molecular formula is C22H33O2PS2. The highest BCUT2D eigenvalue weighted by Crippen LogP contribution is 2.50. The fourth-order valence-electron chi connectivity index (χ4n) is 2.95. The standard InChI is InChI=1S/C22H33O2PS2/c1-3-5-7-9-14-20-15-10-11-16-21(20)24-25(26,22-17-13-19-27-22)23-18-12-8-6-4-2/h10-11,13,15-17,19H,3-9,12,14,18H2,1-2H3. The third-order valence-corrected chi connectivity index (χ3v) is 9.36. The van der Waals surface area contributed by atoms with E-state index in [2.05, 4.69) is 37.4 Å². The van der Waals surface area contributed by atoms with Gasteiger partial charge in [0.25, 0.3) is 6.49 Å². The minimum Gasteiger partial charge on any atom is -0.439 e. The highest BCUT2D eigenvalue weighted by atomic mass is 32.5. The van der Waals surface area contributed by atoms with E-state index in [4.69, 9.17) is 20.9 Å². The predicted molar refractivity (Wildman–Crippen MR) is 123 cm³/mol. The van der Waals surface area contributed by atoms with Crippen LogP contribution in [-0.4, -0.2) is 6.61 Å². The van der Waals surface area contributed by atoms with E-state index in [0.717, 1.165) is 23.2 Å². The Labute approximate surface area is 174 Å². The van der Waals surface area contributed by atoms with E-state index in [-0.39, 0.29) is 0 Å². The summed E-state index contributed by atoms with van der Waals surface area (Å²) in [5, 5.41) is 2.05. The molecule has 0 spiro atoms. The summed E-state index contributed by atoms with van der Waals surface area (Å²) < 4.78 is 13.7. The summed E-state index contributed by atoms with van der Waals surface area (Å²) in [6.07, 6.45) is 10.7. The molecule has 0 bridgehead atoms. The largest absolute Gasteiger partial charge is 0.439 e. The first kappa shape index (κ1) is 22.6. The molecule has 0 aliphatic heterocycles. The second-order valence-corrected chi connectivity index (χ2v) is 11.5. The monoisotopic (exact) mass is 424 g/mol. The van der Waals surface area contributed by atoms with Gasteiger partial charge in [-0.3, -0.25) is 0 Å². The van der Waals surface area contributed by atoms with Gasteiger partial charge in [0.15, 0.2) is 0 Å². The number of aryl methyl sites for hydroxylation is 1. The fraction of sp³-hybridized carbons (Fsp3) is 0.545. The van der Waals surface area contributed by atoms with Gasteiger partial charge in [-0.15, -0.1) is 11.3 Å². The van der Waals surface area contributed by atoms with Crippen molar-refractivity contribution in [1.82, 2.24) is 0 Å². The summed E-state index contributed by atoms with van der Waals surface area (Å²) in [6, 6.07) is 12.4. The van der Waals surface area contributed by atoms with Crippen LogP contribution in [0.5, 0.6) is 5.75 Å². The topological polar surface area (TPSA) is 18.5 Å². The van der Waals surface area contributed by atoms with Gasteiger partial charge in [-0.25, -0.2) is 0 Å². The average molecular weight is 425 g/mol. The van der Waals surface area contributed by atoms with Crippen molar-refractivity contribution < 1.29 is 9.05 Å². The van der Waals surface area contributed by atoms with Crippen molar-refractivity contribution in [2.75, 3.05) is 6.61 Å². The van der Waals surface area contributed by atoms with Gasteiger partial charge in [0, 0.05) is 0 Å². The molecule has 2 nitrogen and oxygen atoms in total. The Bertz CT molecular complexity index is 685. The molecule has 0 saturated heterocycles. The minimum absolute atomic E-state index is 0.674. The third kappa shape index (κ3) is 7.69. The summed E-state index contributed by atoms with van der Waals surface area (Å²) >= 11 is 7.62. The zero-order valence-electron chi connectivity index (χ0n) is 16.7. The predicted octanol–water partition coefficient (Wildman–Crippen LogP) is 7.48. The van der Waals surface area contributed by atoms with Crippen molar-refractivity contribution in [3.05, 3.63) is 47.3 Å². The highest BCUT2D eigenvalue weighted by Gasteiger charge is 2.26. The molecule has 5 heteroatoms. The van der Waals surface area contributed by atoms with E-state index < -0.39 is 6.49 Å². The van der Waals surface area contributed by atoms with Gasteiger partial charge in [0.1, 0.15) is 5.75 Å². The van der Waals surface area contributed by atoms with Crippen LogP contribution in [0.15, 0.2) is 41.8 Å². The van der Waals surface area contributed by atoms with Crippen molar-refractivity contribution in [2.24, 2.45) is 0 Å². The molecule has 1 aromatic carbocycles. The molecular weight excluding hydrogens is 391 g/mol. The molecule has 0 aliphatic carbocycles. The van der Waals surface area contributed by atoms with E-state index in [1.54, 1.807) is 11.3 Å². The summed E-state index contributed by atoms with van der Waals surface area (Å²) in [5.41, 5.74) is 1.24. The maximum atomic E-state index is 6.46. The molecule has 27 heavy (non-hydrogen) atoms. The van der Waals surface area contributed by atoms with Crippen LogP contribution in [0.2, 0.25) is 0 Å². The second kappa shape index (κ2) is 12.7. The van der Waals surface area contributed by atoms with Crippen LogP contribution in [0.1, 0.15) is 70.8 Å². The van der Waals surface area contributed by atoms with Gasteiger partial charge in [0.05, 0.1) is 11.2 Å². The second-order valence-electron chi connectivity index (χ2n) is 6.85. The van der Waals surface area contributed by atoms with E-state index in [1.807, 2.05) is 18.2 Å². The van der Waals surface area contributed by atoms with Crippen LogP contribution < -0.4 is 9.14 Å². The van der Waals surface area contributed by atoms with E-state index in [1.165, 1.54) is 50.5 Å². The van der Waals surface area contributed by atoms with Crippen LogP contribution in [0.25, 0.3) is 0 Å². The fourth-order valence-corrected chi connectivity index (χ4v) is 6.75. The Hall–Kier alpha value is -0.670. The lowest BCUT2D eigenvalue weighted by atomic mass is 10.1. The highest BCUT2D eigenvalue weighted by molar-refractivity contribution is 8.15. The Morgan fingerprint density at radius 2 is 1.63 bits per heavy atom. The summed E-state index contributed by atoms with van der Waals surface area (Å²) in [5.74, 6) is 0.902. The SMILES string of the molecule is CCCCCCOP(=S)(Oc1ccccc1CCCCCC)c1cccs1. The Morgan fingerprint density at radius 3 is 2.33 bits per heavy atom. The number of hydrogen-bond donors (Lipinski definition) is 0. The Kier molecular flexibility index (Phi) is 10.7. The molecule has 2 aromatic rings. The summed E-state index contributed by atoms with van der Waals surface area (Å²) in [7, 11) is 0. The molecule has 2 rings (SSSR count). The third-order valence-electron chi connectivity index (χ3n) is 4.53. The van der Waals surface area contributed by atoms with Gasteiger partial charge in [0.2, 0.25) is 0 Å². The quantitative estimate of drug-likeness (QED) is 0.231. The van der Waals surface area contributed by atoms with Crippen LogP contribution in [0.4, 0.5) is 0 Å². The van der Waals surface area contributed by atoms with Crippen LogP contribution in [-0.2, 0) is 22.8 Å². The first-order chi connectivity index (χ1) is 13.2. The van der Waals surface area contributed by atoms with E-state index in [9.17, 15) is 0 Å². The van der Waals surface area contributed by atoms with E-state index in [0.29, 0.717) is 6.61 Å². The Balaban J connectivity index is 2.08. The molecule has 0 amide bonds. The van der Waals surface area contributed by atoms with Gasteiger partial charge < -0.3 is 9.05 Å². The number of unbranched alkanes of at least 4 members (excludes halogenated alkanes) is 6. The minimum atomic E-state index is -2.51. The molecule has 0 saturated carbocycles. The lowest BCUT2D eigenvalue weighted by Gasteiger charge is -2.23. The van der Waals surface area contributed by atoms with Gasteiger partial charge in [-0.2, -0.15) is 0 Å². The molecule has 0 fully saturated rings. The maximum Gasteiger partial charge on any atom is 0.279 e. The number of hydrogen-bond acceptors (Lipinski definition) is 4. The van der Waals surface area contributed by atoms with Crippen molar-refractivity contribution >= 4 is 34.3 Å². The normalized spacial score (nSPS) is 13.4. The Morgan fingerprint density at radius 1 is 0.889 bits per heavy atom. The first-order valence-corrected chi connectivity index (χ1v) is 13.8. The number of rotatable bonds is 14. The molecule has 0 aliphatic rings. The number of benzene rings is 1. The molecule has 0 radical (unpaired) electrons. The van der Waals surface area contributed by atoms with Crippen molar-refractivity contribution in [3.63, 3.8) is 0 Å². The first-order valence-electron chi connectivity index (χ1n) is 10.3. The molecule has 1 heterocycles. The zero-order valence-corrected chi connectivity index (χ0v) is 19.2. The zero-order chi connectivity index (χ0) is 19.4. The number of thiophene rings is 1. The van der Waals surface area contributed by atoms with Crippen LogP contribution >= 0.6 is 17.8 Å². The molecule has 150 valence electrons. The average Bonchev–Trinajstić information content (AvgIpc) is 3.22. The van der Waals surface area contributed by atoms with Gasteiger partial charge >= 0.3 is 0 Å². The molecule has 0 N–H and O–H groups in total. The van der Waals surface area contributed by atoms with Crippen LogP contribution in [0.3, 0.4) is 0 Å². The molecule has 1 aromatic heterocycles. The lowest BCUT2D eigenvalue weighted by Crippen LogP contribution is -2.10. The van der Waals surface area contributed by atoms with Crippen LogP contribution in [0, 0.1) is 0 Å². The molecule has 1 unspecified atom stereocenters. The van der Waals surface area contributed by atoms with Crippen molar-refractivity contribution in [2.45, 2.75) is 71.6 Å². The van der Waals surface area contributed by atoms with Crippen molar-refractivity contribution in [3.8, 4) is 5.75 Å². The van der Waals surface area contributed by atoms with E-state index >= 15 is 0 Å². The molecule has 1 atom stereocenters. The lowest BCUT2D eigenvalue weighted by molar-refractivity contribution is 0.306. The summed E-state index contributed by atoms with van der Waals surface area (Å²) in [6.45, 7) is 2.62. The summed E-state index contributed by atoms with van der Waals surface area (Å²) in [4.78, 5) is 0. The van der Waals surface area contributed by atoms with Crippen molar-refractivity contribution in [1.29, 1.82) is 0 Å². The maximum absolute atomic E-state index is 6.46.